The van der Waals surface area contributed by atoms with Crippen molar-refractivity contribution in [2.75, 3.05) is 7.11 Å². The van der Waals surface area contributed by atoms with Gasteiger partial charge in [0.1, 0.15) is 11.1 Å². The first-order valence-corrected chi connectivity index (χ1v) is 5.83. The molecule has 0 saturated heterocycles. The average Bonchev–Trinajstić information content (AvgIpc) is 2.28. The van der Waals surface area contributed by atoms with Crippen molar-refractivity contribution in [3.63, 3.8) is 0 Å². The second-order valence-corrected chi connectivity index (χ2v) is 5.01. The van der Waals surface area contributed by atoms with Crippen LogP contribution in [0.5, 0.6) is 0 Å². The summed E-state index contributed by atoms with van der Waals surface area (Å²) in [5.74, 6) is -1.34. The first-order chi connectivity index (χ1) is 7.93. The lowest BCUT2D eigenvalue weighted by Crippen LogP contribution is -2.49. The molecule has 0 rings (SSSR count). The Balaban J connectivity index is -0.000000256. The number of aliphatic carboxylic acids is 1. The first-order valence-electron chi connectivity index (χ1n) is 5.83. The molecule has 0 aromatic heterocycles. The monoisotopic (exact) mass is 298 g/mol. The van der Waals surface area contributed by atoms with Crippen molar-refractivity contribution in [2.24, 2.45) is 17.4 Å². The summed E-state index contributed by atoms with van der Waals surface area (Å²) in [4.78, 5) is 21.1. The number of halogens is 1. The fourth-order valence-corrected chi connectivity index (χ4v) is 0.624. The molecule has 0 aromatic carbocycles. The number of nitrogens with two attached hydrogens (primary N) is 2. The van der Waals surface area contributed by atoms with Crippen LogP contribution in [0.4, 0.5) is 0 Å². The summed E-state index contributed by atoms with van der Waals surface area (Å²) in [6.45, 7) is 8.58. The molecule has 0 aromatic rings. The molecule has 0 amide bonds. The van der Waals surface area contributed by atoms with Crippen LogP contribution in [-0.4, -0.2) is 35.2 Å². The fraction of sp³-hybridized carbons (Fsp3) is 0.833. The molecule has 0 aliphatic carbocycles. The first kappa shape index (κ1) is 23.3. The Bertz CT molecular complexity index is 291. The van der Waals surface area contributed by atoms with Gasteiger partial charge < -0.3 is 21.3 Å². The van der Waals surface area contributed by atoms with Crippen LogP contribution in [0.2, 0.25) is 0 Å². The molecule has 2 atom stereocenters. The van der Waals surface area contributed by atoms with Crippen LogP contribution in [0.15, 0.2) is 0 Å². The zero-order valence-corrected chi connectivity index (χ0v) is 13.3. The summed E-state index contributed by atoms with van der Waals surface area (Å²) < 4.78 is 4.44. The van der Waals surface area contributed by atoms with Gasteiger partial charge in [0.2, 0.25) is 0 Å². The third kappa shape index (κ3) is 8.02. The smallest absolute Gasteiger partial charge is 0.325 e. The number of carbonyl (C=O) groups is 2. The van der Waals surface area contributed by atoms with Gasteiger partial charge in [-0.15, -0.1) is 12.4 Å². The Hall–Kier alpha value is -0.850. The maximum absolute atomic E-state index is 10.7. The Morgan fingerprint density at radius 3 is 1.68 bits per heavy atom. The quantitative estimate of drug-likeness (QED) is 0.671. The second-order valence-electron chi connectivity index (χ2n) is 5.01. The number of rotatable bonds is 4. The van der Waals surface area contributed by atoms with Crippen molar-refractivity contribution in [3.05, 3.63) is 0 Å². The van der Waals surface area contributed by atoms with Crippen molar-refractivity contribution in [3.8, 4) is 0 Å². The molecular formula is C12H27ClN2O4. The number of esters is 1. The summed E-state index contributed by atoms with van der Waals surface area (Å²) in [5, 5.41) is 8.49. The molecule has 6 nitrogen and oxygen atoms in total. The number of carboxylic acids is 1. The molecule has 0 radical (unpaired) electrons. The molecule has 0 heterocycles. The topological polar surface area (TPSA) is 116 Å². The fourth-order valence-electron chi connectivity index (χ4n) is 0.624. The van der Waals surface area contributed by atoms with Crippen LogP contribution in [0.3, 0.4) is 0 Å². The minimum Gasteiger partial charge on any atom is -0.480 e. The molecule has 116 valence electrons. The third-order valence-corrected chi connectivity index (χ3v) is 3.05. The minimum absolute atomic E-state index is 0. The molecule has 0 unspecified atom stereocenters. The maximum atomic E-state index is 10.7. The highest BCUT2D eigenvalue weighted by Crippen LogP contribution is 2.11. The van der Waals surface area contributed by atoms with E-state index in [4.69, 9.17) is 16.6 Å². The highest BCUT2D eigenvalue weighted by molar-refractivity contribution is 5.85. The average molecular weight is 299 g/mol. The summed E-state index contributed by atoms with van der Waals surface area (Å²) in [6, 6.07) is 0. The molecule has 0 aliphatic rings. The van der Waals surface area contributed by atoms with Gasteiger partial charge in [-0.3, -0.25) is 9.59 Å². The molecule has 5 N–H and O–H groups in total. The zero-order valence-electron chi connectivity index (χ0n) is 12.5. The van der Waals surface area contributed by atoms with Gasteiger partial charge in [0.15, 0.2) is 0 Å². The van der Waals surface area contributed by atoms with Crippen LogP contribution in [-0.2, 0) is 14.3 Å². The lowest BCUT2D eigenvalue weighted by atomic mass is 9.90. The van der Waals surface area contributed by atoms with E-state index in [1.54, 1.807) is 20.8 Å². The van der Waals surface area contributed by atoms with Crippen LogP contribution in [0, 0.1) is 5.92 Å². The lowest BCUT2D eigenvalue weighted by molar-refractivity contribution is -0.146. The zero-order chi connectivity index (χ0) is 15.1. The number of carbonyl (C=O) groups excluding carboxylic acids is 1. The van der Waals surface area contributed by atoms with Gasteiger partial charge in [-0.2, -0.15) is 0 Å². The normalized spacial score (nSPS) is 16.1. The van der Waals surface area contributed by atoms with Gasteiger partial charge in [0.05, 0.1) is 7.11 Å². The number of carboxylic acid groups (broad SMARTS) is 1. The van der Waals surface area contributed by atoms with E-state index >= 15 is 0 Å². The standard InChI is InChI=1S/2C6H13NO2.ClH/c1-4-6(2,7)5(8)9-3;1-4(2)6(3,7)5(8)9;/h4,7H2,1-3H3;4H,7H2,1-3H3,(H,8,9);1H/t2*6-;/m00./s1. The van der Waals surface area contributed by atoms with Crippen LogP contribution in [0.1, 0.15) is 41.0 Å². The number of hydrogen-bond donors (Lipinski definition) is 3. The number of ether oxygens (including phenoxy) is 1. The van der Waals surface area contributed by atoms with Crippen molar-refractivity contribution < 1.29 is 19.4 Å². The maximum Gasteiger partial charge on any atom is 0.325 e. The molecule has 0 spiro atoms. The molecule has 0 bridgehead atoms. The summed E-state index contributed by atoms with van der Waals surface area (Å²) in [6.07, 6.45) is 0.597. The summed E-state index contributed by atoms with van der Waals surface area (Å²) >= 11 is 0. The van der Waals surface area contributed by atoms with Gasteiger partial charge in [-0.25, -0.2) is 0 Å². The number of hydrogen-bond acceptors (Lipinski definition) is 5. The van der Waals surface area contributed by atoms with Gasteiger partial charge >= 0.3 is 11.9 Å². The van der Waals surface area contributed by atoms with Crippen LogP contribution >= 0.6 is 12.4 Å². The molecule has 0 fully saturated rings. The van der Waals surface area contributed by atoms with E-state index in [0.29, 0.717) is 6.42 Å². The Labute approximate surface area is 121 Å². The molecule has 19 heavy (non-hydrogen) atoms. The Morgan fingerprint density at radius 1 is 1.26 bits per heavy atom. The highest BCUT2D eigenvalue weighted by atomic mass is 35.5. The largest absolute Gasteiger partial charge is 0.480 e. The van der Waals surface area contributed by atoms with Gasteiger partial charge in [-0.05, 0) is 26.2 Å². The Morgan fingerprint density at radius 2 is 1.63 bits per heavy atom. The molecule has 0 saturated carbocycles. The Kier molecular flexibility index (Phi) is 11.2. The van der Waals surface area contributed by atoms with E-state index < -0.39 is 17.0 Å². The van der Waals surface area contributed by atoms with Crippen LogP contribution in [0.25, 0.3) is 0 Å². The third-order valence-electron chi connectivity index (χ3n) is 3.05. The van der Waals surface area contributed by atoms with E-state index in [0.717, 1.165) is 0 Å². The summed E-state index contributed by atoms with van der Waals surface area (Å²) in [7, 11) is 1.34. The molecule has 0 aliphatic heterocycles. The van der Waals surface area contributed by atoms with Gasteiger partial charge in [0.25, 0.3) is 0 Å². The van der Waals surface area contributed by atoms with E-state index in [2.05, 4.69) is 4.74 Å². The predicted molar refractivity (Wildman–Crippen MR) is 77.2 cm³/mol. The van der Waals surface area contributed by atoms with Crippen molar-refractivity contribution in [2.45, 2.75) is 52.1 Å². The SMILES string of the molecule is CC(C)[C@](C)(N)C(=O)O.CC[C@](C)(N)C(=O)OC.Cl. The van der Waals surface area contributed by atoms with E-state index in [-0.39, 0.29) is 24.3 Å². The number of methoxy groups -OCH3 is 1. The van der Waals surface area contributed by atoms with E-state index in [1.807, 2.05) is 6.92 Å². The lowest BCUT2D eigenvalue weighted by Gasteiger charge is -2.22. The van der Waals surface area contributed by atoms with E-state index in [9.17, 15) is 9.59 Å². The van der Waals surface area contributed by atoms with E-state index in [1.165, 1.54) is 14.0 Å². The predicted octanol–water partition coefficient (Wildman–Crippen LogP) is 1.15. The molecular weight excluding hydrogens is 272 g/mol. The minimum atomic E-state index is -1.08. The van der Waals surface area contributed by atoms with Crippen molar-refractivity contribution in [1.29, 1.82) is 0 Å². The van der Waals surface area contributed by atoms with Crippen molar-refractivity contribution in [1.82, 2.24) is 0 Å². The van der Waals surface area contributed by atoms with Gasteiger partial charge in [0, 0.05) is 0 Å². The van der Waals surface area contributed by atoms with Crippen molar-refractivity contribution >= 4 is 24.3 Å². The second kappa shape index (κ2) is 9.12. The summed E-state index contributed by atoms with van der Waals surface area (Å²) in [5.41, 5.74) is 9.00. The van der Waals surface area contributed by atoms with Gasteiger partial charge in [-0.1, -0.05) is 20.8 Å². The highest BCUT2D eigenvalue weighted by Gasteiger charge is 2.31. The molecule has 7 heteroatoms. The van der Waals surface area contributed by atoms with Crippen LogP contribution < -0.4 is 11.5 Å².